The van der Waals surface area contributed by atoms with Gasteiger partial charge >= 0.3 is 0 Å². The van der Waals surface area contributed by atoms with E-state index >= 15 is 0 Å². The topological polar surface area (TPSA) is 60.9 Å². The molecule has 0 saturated carbocycles. The lowest BCUT2D eigenvalue weighted by Gasteiger charge is -2.25. The van der Waals surface area contributed by atoms with E-state index in [9.17, 15) is 4.79 Å². The van der Waals surface area contributed by atoms with Crippen molar-refractivity contribution in [2.24, 2.45) is 0 Å². The lowest BCUT2D eigenvalue weighted by Crippen LogP contribution is -2.37. The van der Waals surface area contributed by atoms with Gasteiger partial charge in [0.05, 0.1) is 18.3 Å². The van der Waals surface area contributed by atoms with E-state index in [4.69, 9.17) is 14.2 Å². The number of benzene rings is 1. The molecule has 1 aromatic carbocycles. The highest BCUT2D eigenvalue weighted by Gasteiger charge is 2.25. The van der Waals surface area contributed by atoms with Crippen molar-refractivity contribution in [1.29, 1.82) is 0 Å². The average molecular weight is 340 g/mol. The maximum atomic E-state index is 13.1. The Balaban J connectivity index is 1.56. The number of hydrogen-bond acceptors (Lipinski definition) is 5. The molecule has 1 unspecified atom stereocenters. The van der Waals surface area contributed by atoms with Crippen LogP contribution in [0.15, 0.2) is 42.6 Å². The molecule has 1 atom stereocenters. The van der Waals surface area contributed by atoms with Crippen molar-refractivity contribution in [1.82, 2.24) is 9.88 Å². The monoisotopic (exact) mass is 340 g/mol. The molecule has 1 saturated heterocycles. The van der Waals surface area contributed by atoms with Crippen LogP contribution in [0.2, 0.25) is 0 Å². The van der Waals surface area contributed by atoms with E-state index in [1.807, 2.05) is 18.2 Å². The minimum Gasteiger partial charge on any atom is -0.454 e. The Kier molecular flexibility index (Phi) is 4.52. The van der Waals surface area contributed by atoms with Gasteiger partial charge in [-0.3, -0.25) is 9.78 Å². The predicted octanol–water partition coefficient (Wildman–Crippen LogP) is 2.63. The lowest BCUT2D eigenvalue weighted by molar-refractivity contribution is 0.0504. The average Bonchev–Trinajstić information content (AvgIpc) is 3.32. The van der Waals surface area contributed by atoms with Crippen LogP contribution in [0.25, 0.3) is 0 Å². The first-order chi connectivity index (χ1) is 12.3. The zero-order chi connectivity index (χ0) is 17.1. The van der Waals surface area contributed by atoms with Crippen molar-refractivity contribution in [2.45, 2.75) is 25.5 Å². The van der Waals surface area contributed by atoms with Crippen LogP contribution in [-0.2, 0) is 11.3 Å². The summed E-state index contributed by atoms with van der Waals surface area (Å²) in [6.07, 6.45) is 3.85. The van der Waals surface area contributed by atoms with E-state index in [0.29, 0.717) is 30.2 Å². The maximum Gasteiger partial charge on any atom is 0.254 e. The third-order valence-electron chi connectivity index (χ3n) is 4.43. The molecule has 6 nitrogen and oxygen atoms in total. The van der Waals surface area contributed by atoms with Gasteiger partial charge in [0.1, 0.15) is 0 Å². The van der Waals surface area contributed by atoms with Crippen LogP contribution < -0.4 is 9.47 Å². The number of hydrogen-bond donors (Lipinski definition) is 0. The molecule has 2 aliphatic heterocycles. The molecular weight excluding hydrogens is 320 g/mol. The molecule has 1 aromatic heterocycles. The fourth-order valence-corrected chi connectivity index (χ4v) is 3.15. The Labute approximate surface area is 146 Å². The van der Waals surface area contributed by atoms with E-state index in [-0.39, 0.29) is 18.8 Å². The summed E-state index contributed by atoms with van der Waals surface area (Å²) in [5, 5.41) is 0. The first-order valence-electron chi connectivity index (χ1n) is 8.50. The predicted molar refractivity (Wildman–Crippen MR) is 90.5 cm³/mol. The second kappa shape index (κ2) is 7.11. The molecular formula is C19H20N2O4. The molecule has 2 aliphatic rings. The fourth-order valence-electron chi connectivity index (χ4n) is 3.15. The highest BCUT2D eigenvalue weighted by Crippen LogP contribution is 2.33. The van der Waals surface area contributed by atoms with Crippen LogP contribution in [-0.4, -0.2) is 41.8 Å². The third kappa shape index (κ3) is 3.58. The number of fused-ring (bicyclic) bond motifs is 1. The second-order valence-corrected chi connectivity index (χ2v) is 6.21. The van der Waals surface area contributed by atoms with E-state index in [1.165, 1.54) is 0 Å². The summed E-state index contributed by atoms with van der Waals surface area (Å²) < 4.78 is 16.4. The molecule has 0 spiro atoms. The Morgan fingerprint density at radius 3 is 2.92 bits per heavy atom. The van der Waals surface area contributed by atoms with Gasteiger partial charge in [-0.15, -0.1) is 0 Å². The summed E-state index contributed by atoms with van der Waals surface area (Å²) in [4.78, 5) is 19.2. The van der Waals surface area contributed by atoms with Crippen LogP contribution in [0.4, 0.5) is 0 Å². The van der Waals surface area contributed by atoms with Crippen molar-refractivity contribution in [2.75, 3.05) is 19.9 Å². The van der Waals surface area contributed by atoms with Crippen LogP contribution in [0.1, 0.15) is 28.9 Å². The number of nitrogens with zero attached hydrogens (tertiary/aromatic N) is 2. The van der Waals surface area contributed by atoms with Gasteiger partial charge in [0, 0.05) is 24.9 Å². The Morgan fingerprint density at radius 1 is 1.20 bits per heavy atom. The van der Waals surface area contributed by atoms with Crippen LogP contribution in [0.3, 0.4) is 0 Å². The fraction of sp³-hybridized carbons (Fsp3) is 0.368. The van der Waals surface area contributed by atoms with E-state index in [2.05, 4.69) is 4.98 Å². The molecule has 2 aromatic rings. The highest BCUT2D eigenvalue weighted by atomic mass is 16.7. The van der Waals surface area contributed by atoms with Crippen molar-refractivity contribution in [3.8, 4) is 11.5 Å². The van der Waals surface area contributed by atoms with Crippen LogP contribution >= 0.6 is 0 Å². The normalized spacial score (nSPS) is 18.3. The molecule has 130 valence electrons. The second-order valence-electron chi connectivity index (χ2n) is 6.21. The van der Waals surface area contributed by atoms with E-state index in [0.717, 1.165) is 25.1 Å². The van der Waals surface area contributed by atoms with E-state index in [1.54, 1.807) is 29.3 Å². The molecule has 0 N–H and O–H groups in total. The van der Waals surface area contributed by atoms with Gasteiger partial charge in [-0.1, -0.05) is 6.07 Å². The molecule has 0 radical (unpaired) electrons. The van der Waals surface area contributed by atoms with Gasteiger partial charge in [-0.2, -0.15) is 0 Å². The van der Waals surface area contributed by atoms with Crippen molar-refractivity contribution in [3.63, 3.8) is 0 Å². The number of aromatic nitrogens is 1. The summed E-state index contributed by atoms with van der Waals surface area (Å²) >= 11 is 0. The number of amides is 1. The Bertz CT molecular complexity index is 744. The number of pyridine rings is 1. The Hall–Kier alpha value is -2.60. The zero-order valence-corrected chi connectivity index (χ0v) is 13.9. The largest absolute Gasteiger partial charge is 0.454 e. The molecule has 25 heavy (non-hydrogen) atoms. The van der Waals surface area contributed by atoms with Gasteiger partial charge in [-0.05, 0) is 43.2 Å². The van der Waals surface area contributed by atoms with Gasteiger partial charge in [0.15, 0.2) is 11.5 Å². The van der Waals surface area contributed by atoms with Crippen LogP contribution in [0.5, 0.6) is 11.5 Å². The summed E-state index contributed by atoms with van der Waals surface area (Å²) in [5.41, 5.74) is 1.44. The lowest BCUT2D eigenvalue weighted by atomic mass is 10.1. The summed E-state index contributed by atoms with van der Waals surface area (Å²) in [5.74, 6) is 1.23. The molecule has 1 amide bonds. The minimum absolute atomic E-state index is 0.0561. The molecule has 6 heteroatoms. The first kappa shape index (κ1) is 15.9. The molecule has 0 bridgehead atoms. The quantitative estimate of drug-likeness (QED) is 0.837. The number of rotatable bonds is 5. The van der Waals surface area contributed by atoms with E-state index < -0.39 is 0 Å². The summed E-state index contributed by atoms with van der Waals surface area (Å²) in [7, 11) is 0. The maximum absolute atomic E-state index is 13.1. The van der Waals surface area contributed by atoms with Gasteiger partial charge in [0.25, 0.3) is 5.91 Å². The van der Waals surface area contributed by atoms with Gasteiger partial charge in [0.2, 0.25) is 6.79 Å². The van der Waals surface area contributed by atoms with Crippen LogP contribution in [0, 0.1) is 0 Å². The summed E-state index contributed by atoms with van der Waals surface area (Å²) in [6, 6.07) is 11.0. The third-order valence-corrected chi connectivity index (χ3v) is 4.43. The number of carbonyl (C=O) groups is 1. The number of carbonyl (C=O) groups excluding carboxylic acids is 1. The standard InChI is InChI=1S/C19H20N2O4/c22-19(14-6-7-17-18(10-14)25-13-24-17)21(12-16-5-3-9-23-16)11-15-4-1-2-8-20-15/h1-2,4,6-8,10,16H,3,5,9,11-13H2. The molecule has 1 fully saturated rings. The Morgan fingerprint density at radius 2 is 2.12 bits per heavy atom. The highest BCUT2D eigenvalue weighted by molar-refractivity contribution is 5.95. The molecule has 4 rings (SSSR count). The van der Waals surface area contributed by atoms with Gasteiger partial charge < -0.3 is 19.1 Å². The van der Waals surface area contributed by atoms with Gasteiger partial charge in [-0.25, -0.2) is 0 Å². The zero-order valence-electron chi connectivity index (χ0n) is 13.9. The SMILES string of the molecule is O=C(c1ccc2c(c1)OCO2)N(Cc1ccccn1)CC1CCCO1. The van der Waals surface area contributed by atoms with Crippen molar-refractivity contribution < 1.29 is 19.0 Å². The molecule has 3 heterocycles. The van der Waals surface area contributed by atoms with Crippen molar-refractivity contribution >= 4 is 5.91 Å². The molecule has 0 aliphatic carbocycles. The van der Waals surface area contributed by atoms with Crippen molar-refractivity contribution in [3.05, 3.63) is 53.9 Å². The first-order valence-corrected chi connectivity index (χ1v) is 8.50. The smallest absolute Gasteiger partial charge is 0.254 e. The minimum atomic E-state index is -0.0561. The summed E-state index contributed by atoms with van der Waals surface area (Å²) in [6.45, 7) is 1.97. The number of ether oxygens (including phenoxy) is 3.